The van der Waals surface area contributed by atoms with E-state index in [1.807, 2.05) is 62.4 Å². The lowest BCUT2D eigenvalue weighted by Crippen LogP contribution is -2.10. The normalized spacial score (nSPS) is 11.5. The molecule has 0 saturated carbocycles. The molecule has 0 spiro atoms. The van der Waals surface area contributed by atoms with Crippen LogP contribution in [0.2, 0.25) is 0 Å². The molecule has 0 bridgehead atoms. The molecule has 0 fully saturated rings. The van der Waals surface area contributed by atoms with Crippen LogP contribution in [0.4, 0.5) is 18.9 Å². The van der Waals surface area contributed by atoms with Gasteiger partial charge in [0.2, 0.25) is 0 Å². The lowest BCUT2D eigenvalue weighted by molar-refractivity contribution is -0.388. The third-order valence-corrected chi connectivity index (χ3v) is 6.56. The third-order valence-electron chi connectivity index (χ3n) is 5.51. The van der Waals surface area contributed by atoms with E-state index in [0.717, 1.165) is 40.6 Å². The monoisotopic (exact) mass is 514 g/mol. The maximum absolute atomic E-state index is 13.1. The average molecular weight is 515 g/mol. The van der Waals surface area contributed by atoms with Crippen LogP contribution in [0, 0.1) is 24.0 Å². The van der Waals surface area contributed by atoms with Gasteiger partial charge in [0.25, 0.3) is 5.69 Å². The fourth-order valence-electron chi connectivity index (χ4n) is 3.40. The fourth-order valence-corrected chi connectivity index (χ4v) is 4.33. The second-order valence-electron chi connectivity index (χ2n) is 8.04. The molecule has 0 N–H and O–H groups in total. The van der Waals surface area contributed by atoms with Gasteiger partial charge in [-0.2, -0.15) is 13.2 Å². The molecule has 1 heterocycles. The highest BCUT2D eigenvalue weighted by Crippen LogP contribution is 2.39. The number of nitro benzene ring substituents is 1. The van der Waals surface area contributed by atoms with E-state index in [9.17, 15) is 23.3 Å². The number of nitro groups is 1. The molecular formula is C25H21F3N4O3S. The number of alkyl halides is 3. The van der Waals surface area contributed by atoms with Crippen LogP contribution in [-0.2, 0) is 19.3 Å². The van der Waals surface area contributed by atoms with Crippen LogP contribution in [0.1, 0.15) is 28.1 Å². The van der Waals surface area contributed by atoms with Gasteiger partial charge in [-0.1, -0.05) is 36.4 Å². The number of rotatable bonds is 8. The van der Waals surface area contributed by atoms with Gasteiger partial charge in [0.05, 0.1) is 21.9 Å². The van der Waals surface area contributed by atoms with Crippen LogP contribution >= 0.6 is 11.8 Å². The molecule has 3 aromatic carbocycles. The number of aryl methyl sites for hydroxylation is 2. The van der Waals surface area contributed by atoms with Crippen molar-refractivity contribution in [3.8, 4) is 5.75 Å². The highest BCUT2D eigenvalue weighted by molar-refractivity contribution is 7.99. The molecule has 4 aromatic rings. The van der Waals surface area contributed by atoms with Crippen molar-refractivity contribution >= 4 is 17.4 Å². The van der Waals surface area contributed by atoms with Crippen LogP contribution in [-0.4, -0.2) is 19.7 Å². The fraction of sp³-hybridized carbons (Fsp3) is 0.200. The molecule has 186 valence electrons. The molecule has 0 aliphatic rings. The summed E-state index contributed by atoms with van der Waals surface area (Å²) in [6.45, 7) is 4.40. The molecule has 36 heavy (non-hydrogen) atoms. The number of nitrogens with zero attached hydrogens (tertiary/aromatic N) is 4. The smallest absolute Gasteiger partial charge is 0.416 e. The van der Waals surface area contributed by atoms with Crippen LogP contribution in [0.15, 0.2) is 76.8 Å². The highest BCUT2D eigenvalue weighted by Gasteiger charge is 2.33. The van der Waals surface area contributed by atoms with Crippen molar-refractivity contribution in [3.63, 3.8) is 0 Å². The Balaban J connectivity index is 1.67. The molecule has 0 atom stereocenters. The molecule has 0 unspecified atom stereocenters. The summed E-state index contributed by atoms with van der Waals surface area (Å²) < 4.78 is 47.0. The van der Waals surface area contributed by atoms with Crippen LogP contribution in [0.3, 0.4) is 0 Å². The quantitative estimate of drug-likeness (QED) is 0.195. The number of benzene rings is 3. The zero-order valence-electron chi connectivity index (χ0n) is 19.3. The summed E-state index contributed by atoms with van der Waals surface area (Å²) in [6.07, 6.45) is -4.69. The van der Waals surface area contributed by atoms with Gasteiger partial charge >= 0.3 is 6.18 Å². The van der Waals surface area contributed by atoms with E-state index in [1.54, 1.807) is 4.57 Å². The average Bonchev–Trinajstić information content (AvgIpc) is 3.20. The number of halogens is 3. The van der Waals surface area contributed by atoms with Crippen LogP contribution in [0.25, 0.3) is 0 Å². The van der Waals surface area contributed by atoms with E-state index in [-0.39, 0.29) is 11.5 Å². The van der Waals surface area contributed by atoms with E-state index >= 15 is 0 Å². The number of hydrogen-bond donors (Lipinski definition) is 0. The standard InChI is InChI=1S/C25H21F3N4O3S/c1-16-8-10-20(12-17(16)2)35-15-23-29-30-24(31(23)14-18-6-4-3-5-7-18)36-22-11-9-19(25(26,27)28)13-21(22)32(33)34/h3-13H,14-15H2,1-2H3. The first-order chi connectivity index (χ1) is 17.1. The lowest BCUT2D eigenvalue weighted by atomic mass is 10.1. The van der Waals surface area contributed by atoms with Crippen molar-refractivity contribution in [2.45, 2.75) is 43.2 Å². The topological polar surface area (TPSA) is 83.1 Å². The van der Waals surface area contributed by atoms with Gasteiger partial charge in [-0.3, -0.25) is 14.7 Å². The molecule has 0 aliphatic heterocycles. The van der Waals surface area contributed by atoms with Gasteiger partial charge in [0.1, 0.15) is 12.4 Å². The van der Waals surface area contributed by atoms with E-state index in [2.05, 4.69) is 10.2 Å². The predicted molar refractivity (Wildman–Crippen MR) is 128 cm³/mol. The first kappa shape index (κ1) is 25.2. The van der Waals surface area contributed by atoms with Gasteiger partial charge in [-0.05, 0) is 66.6 Å². The Labute approximate surface area is 209 Å². The number of ether oxygens (including phenoxy) is 1. The molecule has 1 aromatic heterocycles. The SMILES string of the molecule is Cc1ccc(OCc2nnc(Sc3ccc(C(F)(F)F)cc3[N+](=O)[O-])n2Cc2ccccc2)cc1C. The maximum atomic E-state index is 13.1. The van der Waals surface area contributed by atoms with Crippen molar-refractivity contribution < 1.29 is 22.8 Å². The molecule has 0 radical (unpaired) electrons. The van der Waals surface area contributed by atoms with Crippen LogP contribution < -0.4 is 4.74 Å². The van der Waals surface area contributed by atoms with Gasteiger partial charge in [-0.15, -0.1) is 10.2 Å². The third kappa shape index (κ3) is 5.85. The van der Waals surface area contributed by atoms with E-state index < -0.39 is 22.4 Å². The molecule has 0 aliphatic carbocycles. The summed E-state index contributed by atoms with van der Waals surface area (Å²) in [5, 5.41) is 20.2. The second kappa shape index (κ2) is 10.4. The number of aromatic nitrogens is 3. The molecule has 7 nitrogen and oxygen atoms in total. The summed E-state index contributed by atoms with van der Waals surface area (Å²) in [5.74, 6) is 1.12. The first-order valence-corrected chi connectivity index (χ1v) is 11.6. The van der Waals surface area contributed by atoms with Gasteiger partial charge in [0, 0.05) is 6.07 Å². The van der Waals surface area contributed by atoms with Gasteiger partial charge in [-0.25, -0.2) is 0 Å². The molecule has 0 saturated heterocycles. The summed E-state index contributed by atoms with van der Waals surface area (Å²) in [7, 11) is 0. The zero-order valence-corrected chi connectivity index (χ0v) is 20.1. The van der Waals surface area contributed by atoms with Gasteiger partial charge < -0.3 is 4.74 Å². The summed E-state index contributed by atoms with van der Waals surface area (Å²) >= 11 is 0.879. The Bertz CT molecular complexity index is 1390. The number of hydrogen-bond acceptors (Lipinski definition) is 6. The molecule has 4 rings (SSSR count). The summed E-state index contributed by atoms with van der Waals surface area (Å²) in [4.78, 5) is 10.7. The summed E-state index contributed by atoms with van der Waals surface area (Å²) in [6, 6.07) is 17.6. The minimum absolute atomic E-state index is 0.0244. The van der Waals surface area contributed by atoms with E-state index in [0.29, 0.717) is 29.3 Å². The van der Waals surface area contributed by atoms with Gasteiger partial charge in [0.15, 0.2) is 11.0 Å². The van der Waals surface area contributed by atoms with Crippen molar-refractivity contribution in [2.24, 2.45) is 0 Å². The first-order valence-electron chi connectivity index (χ1n) is 10.8. The highest BCUT2D eigenvalue weighted by atomic mass is 32.2. The van der Waals surface area contributed by atoms with Crippen molar-refractivity contribution in [3.05, 3.63) is 105 Å². The Kier molecular flexibility index (Phi) is 7.30. The van der Waals surface area contributed by atoms with Crippen LogP contribution in [0.5, 0.6) is 5.75 Å². The molecule has 11 heteroatoms. The Hall–Kier alpha value is -3.86. The van der Waals surface area contributed by atoms with Crippen molar-refractivity contribution in [1.29, 1.82) is 0 Å². The Morgan fingerprint density at radius 1 is 1.00 bits per heavy atom. The largest absolute Gasteiger partial charge is 0.486 e. The predicted octanol–water partition coefficient (Wildman–Crippen LogP) is 6.60. The molecule has 0 amide bonds. The van der Waals surface area contributed by atoms with Crippen molar-refractivity contribution in [2.75, 3.05) is 0 Å². The minimum Gasteiger partial charge on any atom is -0.486 e. The lowest BCUT2D eigenvalue weighted by Gasteiger charge is -2.12. The van der Waals surface area contributed by atoms with Crippen molar-refractivity contribution in [1.82, 2.24) is 14.8 Å². The Morgan fingerprint density at radius 2 is 1.75 bits per heavy atom. The zero-order chi connectivity index (χ0) is 25.9. The van der Waals surface area contributed by atoms with E-state index in [1.165, 1.54) is 0 Å². The minimum atomic E-state index is -4.69. The molecular weight excluding hydrogens is 493 g/mol. The summed E-state index contributed by atoms with van der Waals surface area (Å²) in [5.41, 5.74) is 1.38. The van der Waals surface area contributed by atoms with E-state index in [4.69, 9.17) is 4.74 Å². The second-order valence-corrected chi connectivity index (χ2v) is 9.05. The maximum Gasteiger partial charge on any atom is 0.416 e. The Morgan fingerprint density at radius 3 is 2.42 bits per heavy atom.